The zero-order valence-electron chi connectivity index (χ0n) is 21.1. The molecule has 0 bridgehead atoms. The van der Waals surface area contributed by atoms with Crippen LogP contribution in [0.4, 0.5) is 0 Å². The van der Waals surface area contributed by atoms with Crippen LogP contribution in [0.5, 0.6) is 0 Å². The molecule has 4 aliphatic heterocycles. The van der Waals surface area contributed by atoms with Crippen molar-refractivity contribution in [1.29, 1.82) is 0 Å². The molecule has 1 N–H and O–H groups in total. The first-order valence-corrected chi connectivity index (χ1v) is 13.4. The average molecular weight is 489 g/mol. The number of carbonyl (C=O) groups is 3. The highest BCUT2D eigenvalue weighted by atomic mass is 16.6. The highest BCUT2D eigenvalue weighted by Crippen LogP contribution is 2.58. The first-order valence-electron chi connectivity index (χ1n) is 13.4. The third-order valence-corrected chi connectivity index (χ3v) is 8.06. The predicted molar refractivity (Wildman–Crippen MR) is 130 cm³/mol. The van der Waals surface area contributed by atoms with Gasteiger partial charge in [-0.15, -0.1) is 0 Å². The first kappa shape index (κ1) is 25.9. The summed E-state index contributed by atoms with van der Waals surface area (Å²) in [6, 6.07) is -0.834. The normalized spacial score (nSPS) is 35.5. The lowest BCUT2D eigenvalue weighted by Gasteiger charge is -2.38. The Balaban J connectivity index is 1.79. The van der Waals surface area contributed by atoms with E-state index in [2.05, 4.69) is 6.92 Å². The van der Waals surface area contributed by atoms with Crippen LogP contribution in [0.3, 0.4) is 0 Å². The second-order valence-corrected chi connectivity index (χ2v) is 10.2. The molecule has 5 atom stereocenters. The molecule has 0 aromatic carbocycles. The number of hydrogen-bond acceptors (Lipinski definition) is 6. The lowest BCUT2D eigenvalue weighted by molar-refractivity contribution is -0.161. The van der Waals surface area contributed by atoms with Gasteiger partial charge in [0, 0.05) is 26.2 Å². The molecular formula is C27H40N2O6. The molecule has 2 fully saturated rings. The number of unbranched alkanes of at least 4 members (excludes halogenated alkanes) is 3. The van der Waals surface area contributed by atoms with Crippen LogP contribution in [-0.2, 0) is 23.9 Å². The molecule has 2 amide bonds. The Kier molecular flexibility index (Phi) is 8.01. The SMILES string of the molecule is CCCCCN1CC=C[C@]23O[C@@]4(CC)/C=C\CCCOC(=O)[C@H]4[C@H]2C(=O)N(CCCCO)C3C1=O. The summed E-state index contributed by atoms with van der Waals surface area (Å²) in [6.07, 6.45) is 13.8. The van der Waals surface area contributed by atoms with Crippen LogP contribution in [0.2, 0.25) is 0 Å². The number of esters is 1. The van der Waals surface area contributed by atoms with Gasteiger partial charge in [-0.25, -0.2) is 0 Å². The maximum atomic E-state index is 14.1. The fraction of sp³-hybridized carbons (Fsp3) is 0.741. The topological polar surface area (TPSA) is 96.4 Å². The van der Waals surface area contributed by atoms with Crippen molar-refractivity contribution in [2.45, 2.75) is 82.5 Å². The summed E-state index contributed by atoms with van der Waals surface area (Å²) in [7, 11) is 0. The van der Waals surface area contributed by atoms with Gasteiger partial charge in [-0.05, 0) is 38.5 Å². The van der Waals surface area contributed by atoms with Crippen LogP contribution in [0, 0.1) is 11.8 Å². The molecular weight excluding hydrogens is 448 g/mol. The molecule has 0 saturated carbocycles. The summed E-state index contributed by atoms with van der Waals surface area (Å²) in [5.41, 5.74) is -2.23. The molecule has 8 nitrogen and oxygen atoms in total. The van der Waals surface area contributed by atoms with Crippen molar-refractivity contribution >= 4 is 17.8 Å². The van der Waals surface area contributed by atoms with Gasteiger partial charge < -0.3 is 24.4 Å². The molecule has 1 spiro atoms. The molecule has 4 aliphatic rings. The summed E-state index contributed by atoms with van der Waals surface area (Å²) in [4.78, 5) is 45.0. The number of likely N-dealkylation sites (tertiary alicyclic amines) is 1. The fourth-order valence-corrected chi connectivity index (χ4v) is 6.31. The highest BCUT2D eigenvalue weighted by Gasteiger charge is 2.75. The Morgan fingerprint density at radius 2 is 1.80 bits per heavy atom. The number of carbonyl (C=O) groups excluding carboxylic acids is 3. The summed E-state index contributed by atoms with van der Waals surface area (Å²) in [6.45, 7) is 5.82. The minimum Gasteiger partial charge on any atom is -0.465 e. The van der Waals surface area contributed by atoms with Gasteiger partial charge in [0.2, 0.25) is 11.8 Å². The van der Waals surface area contributed by atoms with E-state index in [1.807, 2.05) is 36.1 Å². The quantitative estimate of drug-likeness (QED) is 0.305. The molecule has 0 radical (unpaired) electrons. The Hall–Kier alpha value is -2.19. The van der Waals surface area contributed by atoms with E-state index < -0.39 is 35.0 Å². The van der Waals surface area contributed by atoms with Crippen molar-refractivity contribution in [3.8, 4) is 0 Å². The van der Waals surface area contributed by atoms with Crippen molar-refractivity contribution in [1.82, 2.24) is 9.80 Å². The average Bonchev–Trinajstić information content (AvgIpc) is 3.22. The number of aliphatic hydroxyl groups is 1. The van der Waals surface area contributed by atoms with E-state index >= 15 is 0 Å². The fourth-order valence-electron chi connectivity index (χ4n) is 6.31. The van der Waals surface area contributed by atoms with Gasteiger partial charge in [-0.1, -0.05) is 51.0 Å². The first-order chi connectivity index (χ1) is 17.0. The number of nitrogens with zero attached hydrogens (tertiary/aromatic N) is 2. The van der Waals surface area contributed by atoms with Gasteiger partial charge in [0.25, 0.3) is 0 Å². The Morgan fingerprint density at radius 1 is 1.00 bits per heavy atom. The summed E-state index contributed by atoms with van der Waals surface area (Å²) in [5.74, 6) is -2.42. The molecule has 0 aromatic rings. The van der Waals surface area contributed by atoms with E-state index in [1.54, 1.807) is 4.90 Å². The second-order valence-electron chi connectivity index (χ2n) is 10.2. The molecule has 194 valence electrons. The van der Waals surface area contributed by atoms with Gasteiger partial charge in [0.05, 0.1) is 12.5 Å². The van der Waals surface area contributed by atoms with E-state index in [0.29, 0.717) is 45.5 Å². The second kappa shape index (κ2) is 10.8. The Bertz CT molecular complexity index is 872. The van der Waals surface area contributed by atoms with E-state index in [-0.39, 0.29) is 18.4 Å². The molecule has 1 unspecified atom stereocenters. The van der Waals surface area contributed by atoms with Crippen LogP contribution >= 0.6 is 0 Å². The number of hydrogen-bond donors (Lipinski definition) is 1. The number of aliphatic hydroxyl groups excluding tert-OH is 1. The van der Waals surface area contributed by atoms with Crippen molar-refractivity contribution in [2.24, 2.45) is 11.8 Å². The van der Waals surface area contributed by atoms with Gasteiger partial charge in [0.15, 0.2) is 0 Å². The van der Waals surface area contributed by atoms with Crippen LogP contribution < -0.4 is 0 Å². The van der Waals surface area contributed by atoms with Crippen LogP contribution in [-0.4, -0.2) is 82.8 Å². The summed E-state index contributed by atoms with van der Waals surface area (Å²) < 4.78 is 12.5. The molecule has 0 aromatic heterocycles. The summed E-state index contributed by atoms with van der Waals surface area (Å²) in [5, 5.41) is 9.31. The van der Waals surface area contributed by atoms with Crippen LogP contribution in [0.25, 0.3) is 0 Å². The van der Waals surface area contributed by atoms with E-state index in [0.717, 1.165) is 32.1 Å². The smallest absolute Gasteiger partial charge is 0.313 e. The van der Waals surface area contributed by atoms with E-state index in [4.69, 9.17) is 9.47 Å². The highest BCUT2D eigenvalue weighted by molar-refractivity contribution is 5.99. The van der Waals surface area contributed by atoms with Crippen molar-refractivity contribution in [3.05, 3.63) is 24.3 Å². The maximum absolute atomic E-state index is 14.1. The number of cyclic esters (lactones) is 1. The zero-order valence-corrected chi connectivity index (χ0v) is 21.1. The molecule has 2 saturated heterocycles. The molecule has 4 rings (SSSR count). The number of rotatable bonds is 9. The van der Waals surface area contributed by atoms with Gasteiger partial charge in [-0.2, -0.15) is 0 Å². The van der Waals surface area contributed by atoms with Crippen LogP contribution in [0.15, 0.2) is 24.3 Å². The van der Waals surface area contributed by atoms with Crippen molar-refractivity contribution in [2.75, 3.05) is 32.8 Å². The number of fused-ring (bicyclic) bond motifs is 2. The minimum atomic E-state index is -1.23. The largest absolute Gasteiger partial charge is 0.465 e. The van der Waals surface area contributed by atoms with E-state index in [1.165, 1.54) is 0 Å². The third kappa shape index (κ3) is 4.44. The predicted octanol–water partition coefficient (Wildman–Crippen LogP) is 2.60. The van der Waals surface area contributed by atoms with Gasteiger partial charge in [0.1, 0.15) is 23.2 Å². The lowest BCUT2D eigenvalue weighted by Crippen LogP contribution is -2.56. The number of ether oxygens (including phenoxy) is 2. The molecule has 35 heavy (non-hydrogen) atoms. The van der Waals surface area contributed by atoms with Crippen LogP contribution in [0.1, 0.15) is 65.2 Å². The molecule has 0 aliphatic carbocycles. The standard InChI is InChI=1S/C27H40N2O6/c1-3-5-8-15-28-16-12-14-27-20(23(31)29(17-9-10-18-30)22(27)24(28)32)21-25(33)34-19-11-6-7-13-26(21,4-2)35-27/h7,12-14,20-22,30H,3-6,8-11,15-19H2,1-2H3/b13-7-/t20-,21+,22?,26-,27-/m0/s1. The van der Waals surface area contributed by atoms with Gasteiger partial charge in [-0.3, -0.25) is 14.4 Å². The maximum Gasteiger partial charge on any atom is 0.313 e. The zero-order chi connectivity index (χ0) is 25.1. The number of amides is 2. The minimum absolute atomic E-state index is 0.0213. The third-order valence-electron chi connectivity index (χ3n) is 8.06. The Labute approximate surface area is 208 Å². The van der Waals surface area contributed by atoms with Crippen molar-refractivity contribution < 1.29 is 29.0 Å². The monoisotopic (exact) mass is 488 g/mol. The summed E-state index contributed by atoms with van der Waals surface area (Å²) >= 11 is 0. The van der Waals surface area contributed by atoms with Crippen molar-refractivity contribution in [3.63, 3.8) is 0 Å². The lowest BCUT2D eigenvalue weighted by atomic mass is 9.73. The number of allylic oxidation sites excluding steroid dienone is 1. The molecule has 4 heterocycles. The Morgan fingerprint density at radius 3 is 2.54 bits per heavy atom. The van der Waals surface area contributed by atoms with E-state index in [9.17, 15) is 19.5 Å². The molecule has 8 heteroatoms. The van der Waals surface area contributed by atoms with Gasteiger partial charge >= 0.3 is 5.97 Å².